The van der Waals surface area contributed by atoms with E-state index in [1.807, 2.05) is 0 Å². The van der Waals surface area contributed by atoms with Crippen LogP contribution in [0.3, 0.4) is 0 Å². The van der Waals surface area contributed by atoms with Crippen molar-refractivity contribution < 1.29 is 29.2 Å². The maximum atomic E-state index is 11.4. The molecule has 0 radical (unpaired) electrons. The van der Waals surface area contributed by atoms with Crippen LogP contribution in [-0.4, -0.2) is 53.0 Å². The second-order valence-electron chi connectivity index (χ2n) is 12.9. The van der Waals surface area contributed by atoms with Crippen molar-refractivity contribution >= 4 is 5.97 Å². The molecule has 0 aromatic carbocycles. The Hall–Kier alpha value is -0.950. The summed E-state index contributed by atoms with van der Waals surface area (Å²) in [6.45, 7) is 12.3. The standard InChI is InChI=1S/C29H46O6/c1-6-18-8-10-22-21-9-7-19-15-20(11-13-29(19,5)23(21)12-14-28(18,22)4)35-27-25(32)24(31)26(16(2)33-27)34-17(3)30/h6,16,18-27,31-32H,1,7-15H2,2-5H3/t16-,18-,19-,20-,21-,22-,23-,24-,25-,26+,27-,28+,29-/m1/s1. The van der Waals surface area contributed by atoms with E-state index in [0.717, 1.165) is 37.0 Å². The van der Waals surface area contributed by atoms with Crippen molar-refractivity contribution in [2.75, 3.05) is 0 Å². The molecule has 0 aromatic rings. The first-order valence-electron chi connectivity index (χ1n) is 14.0. The summed E-state index contributed by atoms with van der Waals surface area (Å²) in [5.74, 6) is 3.29. The first-order valence-corrected chi connectivity index (χ1v) is 14.0. The molecule has 4 saturated carbocycles. The highest BCUT2D eigenvalue weighted by Crippen LogP contribution is 2.67. The summed E-state index contributed by atoms with van der Waals surface area (Å²) in [6, 6.07) is 0. The van der Waals surface area contributed by atoms with Crippen LogP contribution in [0, 0.1) is 40.4 Å². The van der Waals surface area contributed by atoms with Gasteiger partial charge in [0.1, 0.15) is 12.2 Å². The molecule has 1 heterocycles. The maximum absolute atomic E-state index is 11.4. The molecule has 0 unspecified atom stereocenters. The second-order valence-corrected chi connectivity index (χ2v) is 12.9. The zero-order chi connectivity index (χ0) is 25.1. The molecule has 198 valence electrons. The third-order valence-electron chi connectivity index (χ3n) is 11.4. The topological polar surface area (TPSA) is 85.2 Å². The lowest BCUT2D eigenvalue weighted by atomic mass is 9.44. The van der Waals surface area contributed by atoms with Gasteiger partial charge in [0.15, 0.2) is 12.4 Å². The Balaban J connectivity index is 1.23. The molecule has 1 saturated heterocycles. The summed E-state index contributed by atoms with van der Waals surface area (Å²) in [5, 5.41) is 21.2. The van der Waals surface area contributed by atoms with Gasteiger partial charge in [-0.1, -0.05) is 19.9 Å². The minimum absolute atomic E-state index is 0.0134. The smallest absolute Gasteiger partial charge is 0.303 e. The van der Waals surface area contributed by atoms with E-state index in [1.54, 1.807) is 6.92 Å². The Bertz CT molecular complexity index is 815. The number of hydrogen-bond donors (Lipinski definition) is 2. The molecule has 4 aliphatic carbocycles. The summed E-state index contributed by atoms with van der Waals surface area (Å²) in [4.78, 5) is 11.4. The normalized spacial score (nSPS) is 53.7. The lowest BCUT2D eigenvalue weighted by molar-refractivity contribution is -0.311. The van der Waals surface area contributed by atoms with Gasteiger partial charge in [-0.2, -0.15) is 0 Å². The van der Waals surface area contributed by atoms with Gasteiger partial charge in [0, 0.05) is 6.92 Å². The quantitative estimate of drug-likeness (QED) is 0.340. The van der Waals surface area contributed by atoms with Crippen LogP contribution in [0.25, 0.3) is 0 Å². The van der Waals surface area contributed by atoms with Gasteiger partial charge in [0.2, 0.25) is 0 Å². The van der Waals surface area contributed by atoms with E-state index in [1.165, 1.54) is 45.4 Å². The lowest BCUT2D eigenvalue weighted by Gasteiger charge is -2.61. The molecular weight excluding hydrogens is 444 g/mol. The molecular formula is C29H46O6. The number of carbonyl (C=O) groups excluding carboxylic acids is 1. The average Bonchev–Trinajstić information content (AvgIpc) is 3.16. The van der Waals surface area contributed by atoms with Gasteiger partial charge < -0.3 is 24.4 Å². The predicted molar refractivity (Wildman–Crippen MR) is 132 cm³/mol. The van der Waals surface area contributed by atoms with E-state index in [9.17, 15) is 15.0 Å². The largest absolute Gasteiger partial charge is 0.457 e. The molecule has 0 spiro atoms. The fourth-order valence-corrected chi connectivity index (χ4v) is 9.43. The SMILES string of the molecule is C=C[C@@H]1CC[C@@H]2[C@H]3CC[C@@H]4C[C@H](O[C@H]5O[C@H](C)[C@H](OC(C)=O)[C@H](O)[C@H]5O)CC[C@@]4(C)[C@@H]3CC[C@@]12C. The van der Waals surface area contributed by atoms with E-state index in [0.29, 0.717) is 22.7 Å². The molecule has 6 heteroatoms. The average molecular weight is 491 g/mol. The summed E-state index contributed by atoms with van der Waals surface area (Å²) in [7, 11) is 0. The highest BCUT2D eigenvalue weighted by molar-refractivity contribution is 5.66. The Morgan fingerprint density at radius 3 is 2.43 bits per heavy atom. The molecule has 5 rings (SSSR count). The number of allylic oxidation sites excluding steroid dienone is 1. The Kier molecular flexibility index (Phi) is 6.91. The molecule has 6 nitrogen and oxygen atoms in total. The molecule has 5 aliphatic rings. The Morgan fingerprint density at radius 2 is 1.71 bits per heavy atom. The molecule has 1 aliphatic heterocycles. The van der Waals surface area contributed by atoms with E-state index in [-0.39, 0.29) is 6.10 Å². The number of aliphatic hydroxyl groups is 2. The monoisotopic (exact) mass is 490 g/mol. The summed E-state index contributed by atoms with van der Waals surface area (Å²) in [5.41, 5.74) is 0.804. The van der Waals surface area contributed by atoms with Crippen LogP contribution in [0.5, 0.6) is 0 Å². The van der Waals surface area contributed by atoms with Crippen LogP contribution in [0.1, 0.15) is 85.5 Å². The van der Waals surface area contributed by atoms with E-state index in [2.05, 4.69) is 26.5 Å². The summed E-state index contributed by atoms with van der Waals surface area (Å²) < 4.78 is 17.4. The van der Waals surface area contributed by atoms with Crippen molar-refractivity contribution in [3.8, 4) is 0 Å². The van der Waals surface area contributed by atoms with E-state index in [4.69, 9.17) is 14.2 Å². The van der Waals surface area contributed by atoms with Gasteiger partial charge in [0.25, 0.3) is 0 Å². The Morgan fingerprint density at radius 1 is 1.00 bits per heavy atom. The van der Waals surface area contributed by atoms with Crippen molar-refractivity contribution in [1.29, 1.82) is 0 Å². The first kappa shape index (κ1) is 25.7. The van der Waals surface area contributed by atoms with E-state index < -0.39 is 36.7 Å². The van der Waals surface area contributed by atoms with Crippen LogP contribution in [0.2, 0.25) is 0 Å². The highest BCUT2D eigenvalue weighted by atomic mass is 16.7. The molecule has 35 heavy (non-hydrogen) atoms. The lowest BCUT2D eigenvalue weighted by Crippen LogP contribution is -2.59. The third-order valence-corrected chi connectivity index (χ3v) is 11.4. The van der Waals surface area contributed by atoms with E-state index >= 15 is 0 Å². The summed E-state index contributed by atoms with van der Waals surface area (Å²) >= 11 is 0. The van der Waals surface area contributed by atoms with Gasteiger partial charge >= 0.3 is 5.97 Å². The first-order chi connectivity index (χ1) is 16.6. The minimum Gasteiger partial charge on any atom is -0.457 e. The number of rotatable bonds is 4. The molecule has 13 atom stereocenters. The van der Waals surface area contributed by atoms with Crippen molar-refractivity contribution in [3.63, 3.8) is 0 Å². The van der Waals surface area contributed by atoms with Crippen LogP contribution in [0.4, 0.5) is 0 Å². The second kappa shape index (κ2) is 9.41. The van der Waals surface area contributed by atoms with Gasteiger partial charge in [-0.05, 0) is 105 Å². The number of esters is 1. The van der Waals surface area contributed by atoms with Crippen LogP contribution in [0.15, 0.2) is 12.7 Å². The highest BCUT2D eigenvalue weighted by Gasteiger charge is 2.60. The van der Waals surface area contributed by atoms with Crippen molar-refractivity contribution in [2.24, 2.45) is 40.4 Å². The molecule has 5 fully saturated rings. The number of ether oxygens (including phenoxy) is 3. The van der Waals surface area contributed by atoms with Crippen LogP contribution < -0.4 is 0 Å². The zero-order valence-electron chi connectivity index (χ0n) is 22.0. The third kappa shape index (κ3) is 4.20. The van der Waals surface area contributed by atoms with Gasteiger partial charge in [-0.3, -0.25) is 4.79 Å². The number of hydrogen-bond acceptors (Lipinski definition) is 6. The van der Waals surface area contributed by atoms with Crippen LogP contribution in [-0.2, 0) is 19.0 Å². The number of aliphatic hydroxyl groups excluding tert-OH is 2. The maximum Gasteiger partial charge on any atom is 0.303 e. The van der Waals surface area contributed by atoms with Gasteiger partial charge in [0.05, 0.1) is 12.2 Å². The van der Waals surface area contributed by atoms with Crippen LogP contribution >= 0.6 is 0 Å². The Labute approximate surface area is 210 Å². The van der Waals surface area contributed by atoms with Crippen molar-refractivity contribution in [1.82, 2.24) is 0 Å². The molecule has 0 bridgehead atoms. The fourth-order valence-electron chi connectivity index (χ4n) is 9.43. The van der Waals surface area contributed by atoms with Crippen molar-refractivity contribution in [3.05, 3.63) is 12.7 Å². The van der Waals surface area contributed by atoms with Gasteiger partial charge in [-0.15, -0.1) is 6.58 Å². The van der Waals surface area contributed by atoms with Gasteiger partial charge in [-0.25, -0.2) is 0 Å². The molecule has 0 amide bonds. The zero-order valence-corrected chi connectivity index (χ0v) is 22.0. The minimum atomic E-state index is -1.24. The molecule has 0 aromatic heterocycles. The van der Waals surface area contributed by atoms with Crippen molar-refractivity contribution in [2.45, 2.75) is 122 Å². The number of carbonyl (C=O) groups is 1. The number of fused-ring (bicyclic) bond motifs is 5. The molecule has 2 N–H and O–H groups in total. The fraction of sp³-hybridized carbons (Fsp3) is 0.897. The summed E-state index contributed by atoms with van der Waals surface area (Å²) in [6.07, 6.45) is 8.48. The predicted octanol–water partition coefficient (Wildman–Crippen LogP) is 4.61.